The van der Waals surface area contributed by atoms with Crippen LogP contribution in [0.4, 0.5) is 35.1 Å². The van der Waals surface area contributed by atoms with Crippen molar-refractivity contribution in [1.82, 2.24) is 0 Å². The Kier molecular flexibility index (Phi) is 7.72. The molecule has 3 rings (SSSR count). The maximum atomic E-state index is 13.8. The summed E-state index contributed by atoms with van der Waals surface area (Å²) in [6.07, 6.45) is -12.1. The fraction of sp³-hybridized carbons (Fsp3) is 0.833. The predicted octanol–water partition coefficient (Wildman–Crippen LogP) is 1.75. The normalized spacial score (nSPS) is 26.7. The summed E-state index contributed by atoms with van der Waals surface area (Å²) in [5, 5.41) is -5.38. The molecule has 0 amide bonds. The fourth-order valence-corrected chi connectivity index (χ4v) is 4.77. The van der Waals surface area contributed by atoms with E-state index in [4.69, 9.17) is 14.0 Å². The van der Waals surface area contributed by atoms with E-state index in [1.165, 1.54) is 0 Å². The van der Waals surface area contributed by atoms with Crippen LogP contribution in [0.25, 0.3) is 0 Å². The van der Waals surface area contributed by atoms with Crippen LogP contribution in [0.5, 0.6) is 0 Å². The van der Waals surface area contributed by atoms with Gasteiger partial charge in [0.25, 0.3) is 0 Å². The summed E-state index contributed by atoms with van der Waals surface area (Å²) in [6, 6.07) is 0. The second kappa shape index (κ2) is 9.70. The summed E-state index contributed by atoms with van der Waals surface area (Å²) in [7, 11) is -6.24. The Morgan fingerprint density at radius 3 is 1.74 bits per heavy atom. The summed E-state index contributed by atoms with van der Waals surface area (Å²) in [5.41, 5.74) is -2.15. The zero-order valence-corrected chi connectivity index (χ0v) is 19.5. The zero-order chi connectivity index (χ0) is 28.9. The van der Waals surface area contributed by atoms with Crippen molar-refractivity contribution < 1.29 is 86.2 Å². The molecule has 0 aromatic heterocycles. The van der Waals surface area contributed by atoms with E-state index in [2.05, 4.69) is 14.2 Å². The topological polar surface area (TPSA) is 152 Å². The Hall–Kier alpha value is -2.32. The molecule has 0 aromatic carbocycles. The van der Waals surface area contributed by atoms with Gasteiger partial charge in [-0.1, -0.05) is 0 Å². The number of esters is 3. The number of rotatable bonds is 7. The minimum atomic E-state index is -6.24. The molecule has 218 valence electrons. The van der Waals surface area contributed by atoms with E-state index in [9.17, 15) is 57.9 Å². The minimum absolute atomic E-state index is 0.120. The average Bonchev–Trinajstić information content (AvgIpc) is 3.37. The van der Waals surface area contributed by atoms with Crippen molar-refractivity contribution >= 4 is 28.0 Å². The highest BCUT2D eigenvalue weighted by atomic mass is 32.2. The lowest BCUT2D eigenvalue weighted by Crippen LogP contribution is -2.62. The highest BCUT2D eigenvalue weighted by Gasteiger charge is 2.67. The first-order valence-electron chi connectivity index (χ1n) is 10.5. The van der Waals surface area contributed by atoms with E-state index in [-0.39, 0.29) is 19.3 Å². The molecule has 1 heterocycles. The number of carbonyl (C=O) groups excluding carboxylic acids is 3. The Morgan fingerprint density at radius 1 is 0.842 bits per heavy atom. The molecule has 2 unspecified atom stereocenters. The van der Waals surface area contributed by atoms with Crippen LogP contribution in [-0.2, 0) is 48.2 Å². The van der Waals surface area contributed by atoms with E-state index in [0.717, 1.165) is 0 Å². The van der Waals surface area contributed by atoms with Gasteiger partial charge >= 0.3 is 45.6 Å². The number of carbonyl (C=O) groups is 3. The number of halogens is 8. The smallest absolute Gasteiger partial charge is 0.458 e. The van der Waals surface area contributed by atoms with Crippen LogP contribution in [0.15, 0.2) is 0 Å². The van der Waals surface area contributed by atoms with Crippen molar-refractivity contribution in [2.75, 3.05) is 26.4 Å². The predicted molar refractivity (Wildman–Crippen MR) is 98.3 cm³/mol. The molecular weight excluding hydrogens is 576 g/mol. The summed E-state index contributed by atoms with van der Waals surface area (Å²) in [4.78, 5) is 34.2. The van der Waals surface area contributed by atoms with Gasteiger partial charge in [0.1, 0.15) is 13.2 Å². The lowest BCUT2D eigenvalue weighted by atomic mass is 9.86. The van der Waals surface area contributed by atoms with E-state index in [1.807, 2.05) is 0 Å². The Balaban J connectivity index is 1.82. The molecule has 3 atom stereocenters. The van der Waals surface area contributed by atoms with Crippen molar-refractivity contribution in [3.05, 3.63) is 0 Å². The molecule has 1 saturated heterocycles. The van der Waals surface area contributed by atoms with Gasteiger partial charge in [-0.25, -0.2) is 14.4 Å². The first-order valence-corrected chi connectivity index (χ1v) is 11.9. The highest BCUT2D eigenvalue weighted by Crippen LogP contribution is 2.57. The first-order chi connectivity index (χ1) is 17.1. The van der Waals surface area contributed by atoms with Crippen molar-refractivity contribution in [3.63, 3.8) is 0 Å². The van der Waals surface area contributed by atoms with Gasteiger partial charge in [0, 0.05) is 11.8 Å². The van der Waals surface area contributed by atoms with E-state index in [0.29, 0.717) is 0 Å². The molecule has 3 aliphatic rings. The van der Waals surface area contributed by atoms with Gasteiger partial charge in [0.05, 0.1) is 18.6 Å². The van der Waals surface area contributed by atoms with Gasteiger partial charge in [0.15, 0.2) is 6.10 Å². The Morgan fingerprint density at radius 2 is 1.32 bits per heavy atom. The van der Waals surface area contributed by atoms with Crippen LogP contribution in [-0.4, -0.2) is 86.8 Å². The van der Waals surface area contributed by atoms with Gasteiger partial charge in [-0.3, -0.25) is 4.55 Å². The second-order valence-electron chi connectivity index (χ2n) is 9.03. The van der Waals surface area contributed by atoms with Gasteiger partial charge in [-0.15, -0.1) is 0 Å². The van der Waals surface area contributed by atoms with Gasteiger partial charge in [-0.2, -0.15) is 43.5 Å². The van der Waals surface area contributed by atoms with Crippen LogP contribution in [0.3, 0.4) is 0 Å². The second-order valence-corrected chi connectivity index (χ2v) is 10.5. The summed E-state index contributed by atoms with van der Waals surface area (Å²) in [5.74, 6) is -11.7. The number of ether oxygens (including phenoxy) is 5. The molecule has 2 saturated carbocycles. The van der Waals surface area contributed by atoms with Gasteiger partial charge < -0.3 is 23.7 Å². The third-order valence-corrected chi connectivity index (χ3v) is 7.17. The van der Waals surface area contributed by atoms with E-state index in [1.54, 1.807) is 0 Å². The average molecular weight is 594 g/mol. The molecule has 20 heteroatoms. The highest BCUT2D eigenvalue weighted by molar-refractivity contribution is 7.87. The number of fused-ring (bicyclic) bond motifs is 3. The summed E-state index contributed by atoms with van der Waals surface area (Å²) in [6.45, 7) is -4.53. The van der Waals surface area contributed by atoms with Crippen molar-refractivity contribution in [3.8, 4) is 0 Å². The van der Waals surface area contributed by atoms with Crippen LogP contribution in [0.2, 0.25) is 0 Å². The van der Waals surface area contributed by atoms with E-state index < -0.39 is 101 Å². The molecule has 11 nitrogen and oxygen atoms in total. The van der Waals surface area contributed by atoms with E-state index >= 15 is 0 Å². The largest absolute Gasteiger partial charge is 0.490 e. The molecule has 0 radical (unpaired) electrons. The molecule has 2 bridgehead atoms. The molecular formula is C18H18F8O11S. The van der Waals surface area contributed by atoms with Crippen molar-refractivity contribution in [2.45, 2.75) is 48.8 Å². The van der Waals surface area contributed by atoms with Crippen LogP contribution >= 0.6 is 0 Å². The third kappa shape index (κ3) is 5.67. The van der Waals surface area contributed by atoms with Crippen LogP contribution in [0, 0.1) is 17.3 Å². The number of hydrogen-bond acceptors (Lipinski definition) is 10. The van der Waals surface area contributed by atoms with Gasteiger partial charge in [-0.05, 0) is 19.3 Å². The van der Waals surface area contributed by atoms with Crippen LogP contribution in [0.1, 0.15) is 19.3 Å². The number of alkyl halides is 8. The maximum absolute atomic E-state index is 13.8. The Labute approximate surface area is 207 Å². The minimum Gasteiger partial charge on any atom is -0.458 e. The molecule has 1 spiro atoms. The van der Waals surface area contributed by atoms with Crippen LogP contribution < -0.4 is 0 Å². The van der Waals surface area contributed by atoms with Crippen molar-refractivity contribution in [1.29, 1.82) is 0 Å². The quantitative estimate of drug-likeness (QED) is 0.199. The SMILES string of the molecule is O=C(OCC1(COC(=O)C(F)(F)F)COC2(OC1)C(OC(=O)C(F)(F)S(=O)(=O)O)C1CC[C@@H]2C1)C(F)(F)F. The number of hydrogen-bond donors (Lipinski definition) is 1. The Bertz CT molecular complexity index is 1030. The lowest BCUT2D eigenvalue weighted by molar-refractivity contribution is -0.361. The molecule has 38 heavy (non-hydrogen) atoms. The monoisotopic (exact) mass is 594 g/mol. The molecule has 1 N–H and O–H groups in total. The molecule has 2 aliphatic carbocycles. The molecule has 0 aromatic rings. The summed E-state index contributed by atoms with van der Waals surface area (Å²) < 4.78 is 157. The zero-order valence-electron chi connectivity index (χ0n) is 18.6. The standard InChI is InChI=1S/C18H18F8O11S/c19-16(20,21)11(27)33-4-14(5-34-12(28)17(22,23)24)6-35-15(36-7-14)9-2-1-8(3-9)10(15)37-13(29)18(25,26)38(30,31)32/h8-10H,1-7H2,(H,30,31,32)/t8?,9-,10?/m1/s1. The lowest BCUT2D eigenvalue weighted by Gasteiger charge is -2.49. The van der Waals surface area contributed by atoms with Crippen molar-refractivity contribution in [2.24, 2.45) is 17.3 Å². The first kappa shape index (κ1) is 30.2. The molecule has 3 fully saturated rings. The third-order valence-electron chi connectivity index (χ3n) is 6.35. The fourth-order valence-electron chi connectivity index (χ4n) is 4.51. The summed E-state index contributed by atoms with van der Waals surface area (Å²) >= 11 is 0. The molecule has 1 aliphatic heterocycles. The maximum Gasteiger partial charge on any atom is 0.490 e. The van der Waals surface area contributed by atoms with Gasteiger partial charge in [0.2, 0.25) is 5.79 Å².